The topological polar surface area (TPSA) is 128 Å². The Hall–Kier alpha value is -3.14. The van der Waals surface area contributed by atoms with E-state index in [1.54, 1.807) is 17.2 Å². The molecule has 0 radical (unpaired) electrons. The van der Waals surface area contributed by atoms with Crippen molar-refractivity contribution in [1.82, 2.24) is 15.0 Å². The van der Waals surface area contributed by atoms with Crippen LogP contribution in [-0.4, -0.2) is 55.0 Å². The van der Waals surface area contributed by atoms with Crippen LogP contribution >= 0.6 is 11.8 Å². The molecule has 5 N–H and O–H groups in total. The molecule has 4 aromatic rings. The van der Waals surface area contributed by atoms with Crippen molar-refractivity contribution in [3.63, 3.8) is 0 Å². The molecule has 1 saturated heterocycles. The number of benzene rings is 1. The number of fused-ring (bicyclic) bond motifs is 3. The van der Waals surface area contributed by atoms with Gasteiger partial charge >= 0.3 is 0 Å². The molecule has 0 aliphatic carbocycles. The number of amides is 1. The van der Waals surface area contributed by atoms with Crippen molar-refractivity contribution in [3.8, 4) is 11.3 Å². The van der Waals surface area contributed by atoms with E-state index in [-0.39, 0.29) is 5.75 Å². The summed E-state index contributed by atoms with van der Waals surface area (Å²) in [5.74, 6) is -1.46. The van der Waals surface area contributed by atoms with E-state index in [9.17, 15) is 15.0 Å². The zero-order valence-corrected chi connectivity index (χ0v) is 17.6. The predicted octanol–water partition coefficient (Wildman–Crippen LogP) is 2.38. The minimum absolute atomic E-state index is 0.207. The van der Waals surface area contributed by atoms with Crippen LogP contribution in [0.3, 0.4) is 0 Å². The Morgan fingerprint density at radius 1 is 1.26 bits per heavy atom. The minimum atomic E-state index is -1.91. The molecular formula is C22H21N5O3S. The van der Waals surface area contributed by atoms with Crippen LogP contribution < -0.4 is 10.6 Å². The Morgan fingerprint density at radius 3 is 2.81 bits per heavy atom. The number of aryl methyl sites for hydroxylation is 1. The number of primary amides is 1. The first-order valence-corrected chi connectivity index (χ1v) is 11.0. The summed E-state index contributed by atoms with van der Waals surface area (Å²) in [6.45, 7) is 2.42. The number of carbonyl (C=O) groups is 1. The van der Waals surface area contributed by atoms with Crippen LogP contribution in [0.25, 0.3) is 33.2 Å². The zero-order chi connectivity index (χ0) is 21.8. The summed E-state index contributed by atoms with van der Waals surface area (Å²) in [4.78, 5) is 26.1. The molecule has 5 rings (SSSR count). The first kappa shape index (κ1) is 19.8. The van der Waals surface area contributed by atoms with Gasteiger partial charge in [-0.15, -0.1) is 0 Å². The highest BCUT2D eigenvalue weighted by molar-refractivity contribution is 7.99. The maximum atomic E-state index is 12.2. The van der Waals surface area contributed by atoms with E-state index in [1.807, 2.05) is 37.3 Å². The molecule has 8 nitrogen and oxygen atoms in total. The summed E-state index contributed by atoms with van der Waals surface area (Å²) in [7, 11) is 0. The van der Waals surface area contributed by atoms with E-state index < -0.39 is 11.8 Å². The highest BCUT2D eigenvalue weighted by Gasteiger charge is 2.35. The van der Waals surface area contributed by atoms with Gasteiger partial charge in [0.05, 0.1) is 33.6 Å². The lowest BCUT2D eigenvalue weighted by molar-refractivity contribution is -0.141. The number of carbonyl (C=O) groups excluding carboxylic acids is 1. The molecule has 3 aromatic heterocycles. The molecule has 0 atom stereocenters. The van der Waals surface area contributed by atoms with Gasteiger partial charge in [-0.1, -0.05) is 0 Å². The summed E-state index contributed by atoms with van der Waals surface area (Å²) in [6.07, 6.45) is 1.72. The quantitative estimate of drug-likeness (QED) is 0.364. The van der Waals surface area contributed by atoms with Crippen molar-refractivity contribution in [1.29, 1.82) is 0 Å². The van der Waals surface area contributed by atoms with Crippen LogP contribution in [0.5, 0.6) is 0 Å². The standard InChI is InChI=1S/C22H21N5O3S/c1-12-2-3-13(10-24-12)17-9-16(21(23)28)20-19(25-17)15-5-4-14(8-18(15)26-20)27-6-7-31-11-22(27,29)30/h2-5,8-10,26,29-30H,6-7,11H2,1H3,(H2,23,28). The van der Waals surface area contributed by atoms with Gasteiger partial charge in [-0.05, 0) is 43.3 Å². The number of H-pyrrole nitrogens is 1. The van der Waals surface area contributed by atoms with E-state index in [0.29, 0.717) is 34.5 Å². The lowest BCUT2D eigenvalue weighted by Crippen LogP contribution is -2.54. The molecule has 1 aliphatic rings. The normalized spacial score (nSPS) is 16.2. The van der Waals surface area contributed by atoms with Gasteiger partial charge in [0.2, 0.25) is 0 Å². The van der Waals surface area contributed by atoms with Crippen LogP contribution in [0.1, 0.15) is 16.1 Å². The smallest absolute Gasteiger partial charge is 0.256 e. The van der Waals surface area contributed by atoms with Crippen LogP contribution in [0.4, 0.5) is 5.69 Å². The number of aliphatic hydroxyl groups is 2. The number of nitrogens with one attached hydrogen (secondary N) is 1. The summed E-state index contributed by atoms with van der Waals surface area (Å²) in [5.41, 5.74) is 10.9. The number of anilines is 1. The molecule has 1 aromatic carbocycles. The van der Waals surface area contributed by atoms with Gasteiger partial charge in [-0.3, -0.25) is 9.78 Å². The number of pyridine rings is 2. The third-order valence-electron chi connectivity index (χ3n) is 5.51. The Balaban J connectivity index is 1.69. The van der Waals surface area contributed by atoms with Gasteiger partial charge in [-0.25, -0.2) is 4.98 Å². The molecule has 31 heavy (non-hydrogen) atoms. The van der Waals surface area contributed by atoms with Crippen LogP contribution in [0.2, 0.25) is 0 Å². The van der Waals surface area contributed by atoms with Gasteiger partial charge in [0.25, 0.3) is 11.8 Å². The van der Waals surface area contributed by atoms with Crippen LogP contribution in [-0.2, 0) is 0 Å². The Morgan fingerprint density at radius 2 is 2.10 bits per heavy atom. The fourth-order valence-electron chi connectivity index (χ4n) is 3.93. The first-order chi connectivity index (χ1) is 14.8. The molecule has 0 bridgehead atoms. The van der Waals surface area contributed by atoms with Gasteiger partial charge < -0.3 is 25.8 Å². The highest BCUT2D eigenvalue weighted by Crippen LogP contribution is 2.34. The van der Waals surface area contributed by atoms with E-state index in [1.165, 1.54) is 11.8 Å². The van der Waals surface area contributed by atoms with Gasteiger partial charge in [-0.2, -0.15) is 11.8 Å². The second-order valence-corrected chi connectivity index (χ2v) is 8.77. The van der Waals surface area contributed by atoms with Crippen LogP contribution in [0.15, 0.2) is 42.6 Å². The van der Waals surface area contributed by atoms with Crippen molar-refractivity contribution in [2.75, 3.05) is 23.0 Å². The van der Waals surface area contributed by atoms with Crippen LogP contribution in [0, 0.1) is 6.92 Å². The maximum Gasteiger partial charge on any atom is 0.256 e. The number of nitrogens with two attached hydrogens (primary N) is 1. The van der Waals surface area contributed by atoms with Gasteiger partial charge in [0.1, 0.15) is 0 Å². The lowest BCUT2D eigenvalue weighted by atomic mass is 10.1. The van der Waals surface area contributed by atoms with E-state index >= 15 is 0 Å². The number of hydrogen-bond donors (Lipinski definition) is 4. The van der Waals surface area contributed by atoms with Gasteiger partial charge in [0.15, 0.2) is 0 Å². The molecule has 0 saturated carbocycles. The van der Waals surface area contributed by atoms with Crippen molar-refractivity contribution < 1.29 is 15.0 Å². The number of rotatable bonds is 3. The molecule has 158 valence electrons. The minimum Gasteiger partial charge on any atom is -0.366 e. The molecule has 0 spiro atoms. The monoisotopic (exact) mass is 435 g/mol. The summed E-state index contributed by atoms with van der Waals surface area (Å²) in [6, 6.07) is 11.0. The molecule has 4 heterocycles. The van der Waals surface area contributed by atoms with E-state index in [4.69, 9.17) is 10.7 Å². The number of aromatic amines is 1. The average Bonchev–Trinajstić information content (AvgIpc) is 3.10. The molecule has 1 amide bonds. The van der Waals surface area contributed by atoms with Crippen molar-refractivity contribution in [2.24, 2.45) is 5.73 Å². The third kappa shape index (κ3) is 3.40. The molecule has 0 unspecified atom stereocenters. The number of aromatic nitrogens is 3. The Labute approximate surface area is 182 Å². The van der Waals surface area contributed by atoms with Gasteiger partial charge in [0, 0.05) is 40.8 Å². The summed E-state index contributed by atoms with van der Waals surface area (Å²) in [5, 5.41) is 21.6. The SMILES string of the molecule is Cc1ccc(-c2cc(C(N)=O)c3[nH]c4cc(N5CCSCC5(O)O)ccc4c3n2)cn1. The highest BCUT2D eigenvalue weighted by atomic mass is 32.2. The number of hydrogen-bond acceptors (Lipinski definition) is 7. The lowest BCUT2D eigenvalue weighted by Gasteiger charge is -2.40. The fourth-order valence-corrected chi connectivity index (χ4v) is 4.82. The summed E-state index contributed by atoms with van der Waals surface area (Å²) < 4.78 is 0. The number of nitrogens with zero attached hydrogens (tertiary/aromatic N) is 3. The molecule has 1 aliphatic heterocycles. The van der Waals surface area contributed by atoms with Crippen molar-refractivity contribution in [3.05, 3.63) is 53.9 Å². The van der Waals surface area contributed by atoms with Crippen molar-refractivity contribution >= 4 is 45.3 Å². The van der Waals surface area contributed by atoms with E-state index in [0.717, 1.165) is 27.9 Å². The third-order valence-corrected chi connectivity index (χ3v) is 6.57. The summed E-state index contributed by atoms with van der Waals surface area (Å²) >= 11 is 1.50. The first-order valence-electron chi connectivity index (χ1n) is 9.83. The second-order valence-electron chi connectivity index (χ2n) is 7.66. The molecular weight excluding hydrogens is 414 g/mol. The number of thioether (sulfide) groups is 1. The zero-order valence-electron chi connectivity index (χ0n) is 16.8. The van der Waals surface area contributed by atoms with E-state index in [2.05, 4.69) is 9.97 Å². The predicted molar refractivity (Wildman–Crippen MR) is 122 cm³/mol. The molecule has 9 heteroatoms. The maximum absolute atomic E-state index is 12.2. The second kappa shape index (κ2) is 7.23. The Kier molecular flexibility index (Phi) is 4.62. The Bertz CT molecular complexity index is 1320. The van der Waals surface area contributed by atoms with Crippen molar-refractivity contribution in [2.45, 2.75) is 12.8 Å². The largest absolute Gasteiger partial charge is 0.366 e. The average molecular weight is 436 g/mol. The molecule has 1 fully saturated rings. The fraction of sp³-hybridized carbons (Fsp3) is 0.227.